The molecule has 0 spiro atoms. The van der Waals surface area contributed by atoms with E-state index in [0.29, 0.717) is 0 Å². The third kappa shape index (κ3) is 2.18. The van der Waals surface area contributed by atoms with Gasteiger partial charge in [0.2, 0.25) is 0 Å². The highest BCUT2D eigenvalue weighted by atomic mass is 32.2. The lowest BCUT2D eigenvalue weighted by Crippen LogP contribution is -2.45. The molecule has 1 N–H and O–H groups in total. The van der Waals surface area contributed by atoms with Gasteiger partial charge in [0.1, 0.15) is 0 Å². The van der Waals surface area contributed by atoms with Crippen molar-refractivity contribution in [3.63, 3.8) is 0 Å². The van der Waals surface area contributed by atoms with E-state index in [4.69, 9.17) is 0 Å². The van der Waals surface area contributed by atoms with Gasteiger partial charge in [-0.15, -0.1) is 0 Å². The zero-order valence-corrected chi connectivity index (χ0v) is 10.9. The summed E-state index contributed by atoms with van der Waals surface area (Å²) in [4.78, 5) is 2.11. The van der Waals surface area contributed by atoms with Crippen molar-refractivity contribution in [3.8, 4) is 0 Å². The first-order valence-electron chi connectivity index (χ1n) is 6.24. The molecule has 1 aromatic rings. The van der Waals surface area contributed by atoms with Crippen LogP contribution >= 0.6 is 0 Å². The first-order valence-corrected chi connectivity index (χ1v) is 8.07. The molecule has 0 bridgehead atoms. The third-order valence-corrected chi connectivity index (χ3v) is 5.62. The van der Waals surface area contributed by atoms with E-state index in [2.05, 4.69) is 17.0 Å². The van der Waals surface area contributed by atoms with Crippen LogP contribution in [-0.2, 0) is 22.8 Å². The average Bonchev–Trinajstić information content (AvgIpc) is 2.62. The maximum atomic E-state index is 11.6. The van der Waals surface area contributed by atoms with Gasteiger partial charge in [-0.25, -0.2) is 8.42 Å². The topological polar surface area (TPSA) is 57.6 Å². The first kappa shape index (κ1) is 12.1. The Hall–Kier alpha value is -0.910. The van der Waals surface area contributed by atoms with Crippen LogP contribution in [0.15, 0.2) is 24.3 Å². The molecule has 1 saturated heterocycles. The van der Waals surface area contributed by atoms with Crippen LogP contribution in [0.1, 0.15) is 11.1 Å². The van der Waals surface area contributed by atoms with Gasteiger partial charge >= 0.3 is 0 Å². The predicted molar refractivity (Wildman–Crippen MR) is 69.0 cm³/mol. The van der Waals surface area contributed by atoms with Crippen molar-refractivity contribution in [2.45, 2.75) is 25.1 Å². The fraction of sp³-hybridized carbons (Fsp3) is 0.538. The second-order valence-corrected chi connectivity index (χ2v) is 7.35. The van der Waals surface area contributed by atoms with E-state index in [0.717, 1.165) is 19.5 Å². The van der Waals surface area contributed by atoms with E-state index < -0.39 is 15.9 Å². The minimum atomic E-state index is -3.06. The van der Waals surface area contributed by atoms with E-state index in [1.54, 1.807) is 0 Å². The van der Waals surface area contributed by atoms with E-state index in [1.165, 1.54) is 11.1 Å². The van der Waals surface area contributed by atoms with Crippen molar-refractivity contribution in [1.82, 2.24) is 4.90 Å². The van der Waals surface area contributed by atoms with Gasteiger partial charge in [-0.3, -0.25) is 4.90 Å². The summed E-state index contributed by atoms with van der Waals surface area (Å²) in [6, 6.07) is 8.00. The molecular weight excluding hydrogens is 250 g/mol. The molecule has 18 heavy (non-hydrogen) atoms. The zero-order chi connectivity index (χ0) is 12.8. The minimum Gasteiger partial charge on any atom is -0.390 e. The molecular formula is C13H17NO3S. The second kappa shape index (κ2) is 4.33. The Morgan fingerprint density at radius 1 is 1.17 bits per heavy atom. The molecule has 98 valence electrons. The summed E-state index contributed by atoms with van der Waals surface area (Å²) in [5.74, 6) is 0.00610. The number of fused-ring (bicyclic) bond motifs is 1. The van der Waals surface area contributed by atoms with Crippen molar-refractivity contribution in [3.05, 3.63) is 35.4 Å². The Bertz CT molecular complexity index is 555. The Kier molecular flexibility index (Phi) is 2.92. The SMILES string of the molecule is O=S1(=O)C[C@@H](N2CCc3ccccc3C2)[C@@H](O)C1. The fourth-order valence-corrected chi connectivity index (χ4v) is 4.79. The highest BCUT2D eigenvalue weighted by Crippen LogP contribution is 2.25. The number of nitrogens with zero attached hydrogens (tertiary/aromatic N) is 1. The van der Waals surface area contributed by atoms with Gasteiger partial charge in [0.15, 0.2) is 9.84 Å². The van der Waals surface area contributed by atoms with Crippen LogP contribution in [0.5, 0.6) is 0 Å². The molecule has 2 heterocycles. The van der Waals surface area contributed by atoms with E-state index >= 15 is 0 Å². The Morgan fingerprint density at radius 2 is 1.89 bits per heavy atom. The van der Waals surface area contributed by atoms with Crippen molar-refractivity contribution in [2.24, 2.45) is 0 Å². The predicted octanol–water partition coefficient (Wildman–Crippen LogP) is 0.203. The van der Waals surface area contributed by atoms with Crippen LogP contribution in [-0.4, -0.2) is 48.6 Å². The number of aliphatic hydroxyl groups is 1. The van der Waals surface area contributed by atoms with Gasteiger partial charge in [0.05, 0.1) is 23.7 Å². The van der Waals surface area contributed by atoms with Gasteiger partial charge in [-0.2, -0.15) is 0 Å². The normalized spacial score (nSPS) is 31.2. The van der Waals surface area contributed by atoms with Crippen LogP contribution < -0.4 is 0 Å². The van der Waals surface area contributed by atoms with Crippen LogP contribution in [0, 0.1) is 0 Å². The molecule has 2 aliphatic rings. The maximum absolute atomic E-state index is 11.6. The van der Waals surface area contributed by atoms with Gasteiger partial charge < -0.3 is 5.11 Å². The fourth-order valence-electron chi connectivity index (χ4n) is 2.96. The number of sulfone groups is 1. The summed E-state index contributed by atoms with van der Waals surface area (Å²) in [7, 11) is -3.06. The van der Waals surface area contributed by atoms with Crippen molar-refractivity contribution >= 4 is 9.84 Å². The maximum Gasteiger partial charge on any atom is 0.154 e. The number of rotatable bonds is 1. The van der Waals surface area contributed by atoms with Gasteiger partial charge in [-0.1, -0.05) is 24.3 Å². The van der Waals surface area contributed by atoms with E-state index in [-0.39, 0.29) is 17.5 Å². The van der Waals surface area contributed by atoms with Crippen molar-refractivity contribution in [1.29, 1.82) is 0 Å². The lowest BCUT2D eigenvalue weighted by Gasteiger charge is -2.34. The minimum absolute atomic E-state index is 0.0875. The molecule has 0 unspecified atom stereocenters. The molecule has 2 atom stereocenters. The van der Waals surface area contributed by atoms with Crippen LogP contribution in [0.2, 0.25) is 0 Å². The molecule has 1 aromatic carbocycles. The Labute approximate surface area is 107 Å². The van der Waals surface area contributed by atoms with Crippen molar-refractivity contribution < 1.29 is 13.5 Å². The molecule has 3 rings (SSSR count). The van der Waals surface area contributed by atoms with Crippen LogP contribution in [0.3, 0.4) is 0 Å². The van der Waals surface area contributed by atoms with Gasteiger partial charge in [0, 0.05) is 13.1 Å². The summed E-state index contributed by atoms with van der Waals surface area (Å²) in [5.41, 5.74) is 2.59. The zero-order valence-electron chi connectivity index (χ0n) is 10.1. The van der Waals surface area contributed by atoms with Gasteiger partial charge in [0.25, 0.3) is 0 Å². The molecule has 1 fully saturated rings. The molecule has 0 aliphatic carbocycles. The molecule has 0 amide bonds. The molecule has 0 radical (unpaired) electrons. The smallest absolute Gasteiger partial charge is 0.154 e. The number of hydrogen-bond acceptors (Lipinski definition) is 4. The van der Waals surface area contributed by atoms with E-state index in [9.17, 15) is 13.5 Å². The summed E-state index contributed by atoms with van der Waals surface area (Å²) in [5, 5.41) is 9.90. The largest absolute Gasteiger partial charge is 0.390 e. The van der Waals surface area contributed by atoms with Crippen LogP contribution in [0.25, 0.3) is 0 Å². The molecule has 0 saturated carbocycles. The monoisotopic (exact) mass is 267 g/mol. The number of hydrogen-bond donors (Lipinski definition) is 1. The average molecular weight is 267 g/mol. The Morgan fingerprint density at radius 3 is 2.56 bits per heavy atom. The molecule has 2 aliphatic heterocycles. The molecule has 5 heteroatoms. The number of aliphatic hydroxyl groups excluding tert-OH is 1. The van der Waals surface area contributed by atoms with Gasteiger partial charge in [-0.05, 0) is 17.5 Å². The summed E-state index contributed by atoms with van der Waals surface area (Å²) >= 11 is 0. The number of benzene rings is 1. The first-order chi connectivity index (χ1) is 8.55. The third-order valence-electron chi connectivity index (χ3n) is 3.92. The van der Waals surface area contributed by atoms with Crippen molar-refractivity contribution in [2.75, 3.05) is 18.1 Å². The van der Waals surface area contributed by atoms with E-state index in [1.807, 2.05) is 12.1 Å². The highest BCUT2D eigenvalue weighted by Gasteiger charge is 2.40. The standard InChI is InChI=1S/C13H17NO3S/c15-13-9-18(16,17)8-12(13)14-6-5-10-3-1-2-4-11(10)7-14/h1-4,12-13,15H,5-9H2/t12-,13+/m1/s1. The highest BCUT2D eigenvalue weighted by molar-refractivity contribution is 7.91. The molecule has 4 nitrogen and oxygen atoms in total. The molecule has 0 aromatic heterocycles. The summed E-state index contributed by atoms with van der Waals surface area (Å²) in [6.07, 6.45) is 0.194. The summed E-state index contributed by atoms with van der Waals surface area (Å²) < 4.78 is 23.1. The lowest BCUT2D eigenvalue weighted by atomic mass is 9.98. The van der Waals surface area contributed by atoms with Crippen LogP contribution in [0.4, 0.5) is 0 Å². The second-order valence-electron chi connectivity index (χ2n) is 5.20. The Balaban J connectivity index is 1.81. The summed E-state index contributed by atoms with van der Waals surface area (Å²) in [6.45, 7) is 1.57. The quantitative estimate of drug-likeness (QED) is 0.790. The lowest BCUT2D eigenvalue weighted by molar-refractivity contribution is 0.0747.